The molecule has 0 spiro atoms. The minimum atomic E-state index is 1.07. The topological polar surface area (TPSA) is 0 Å². The zero-order chi connectivity index (χ0) is 11.8. The minimum Gasteiger partial charge on any atom is -0.0885 e. The number of unbranched alkanes of at least 4 members (excludes halogenated alkanes) is 1. The molecule has 0 N–H and O–H groups in total. The molecule has 2 saturated carbocycles. The number of rotatable bonds is 7. The summed E-state index contributed by atoms with van der Waals surface area (Å²) in [6.07, 6.45) is 24.0. The summed E-state index contributed by atoms with van der Waals surface area (Å²) in [5.41, 5.74) is 0. The molecule has 0 atom stereocenters. The van der Waals surface area contributed by atoms with Crippen molar-refractivity contribution >= 4 is 0 Å². The van der Waals surface area contributed by atoms with Crippen molar-refractivity contribution in [3.8, 4) is 0 Å². The molecule has 17 heavy (non-hydrogen) atoms. The highest BCUT2D eigenvalue weighted by Gasteiger charge is 2.14. The van der Waals surface area contributed by atoms with Crippen LogP contribution in [0.2, 0.25) is 0 Å². The fourth-order valence-corrected chi connectivity index (χ4v) is 3.69. The second kappa shape index (κ2) is 7.95. The first-order valence-corrected chi connectivity index (χ1v) is 8.10. The van der Waals surface area contributed by atoms with Crippen molar-refractivity contribution in [1.29, 1.82) is 0 Å². The molecule has 0 aromatic heterocycles. The lowest BCUT2D eigenvalue weighted by molar-refractivity contribution is 0.485. The van der Waals surface area contributed by atoms with E-state index in [1.54, 1.807) is 0 Å². The Morgan fingerprint density at radius 3 is 1.82 bits per heavy atom. The van der Waals surface area contributed by atoms with Crippen molar-refractivity contribution in [1.82, 2.24) is 0 Å². The van der Waals surface area contributed by atoms with Crippen LogP contribution in [0.5, 0.6) is 0 Å². The van der Waals surface area contributed by atoms with Crippen molar-refractivity contribution in [2.45, 2.75) is 83.5 Å². The summed E-state index contributed by atoms with van der Waals surface area (Å²) in [6.45, 7) is 0. The molecular weight excluding hydrogens is 204 g/mol. The van der Waals surface area contributed by atoms with Crippen LogP contribution in [0.15, 0.2) is 12.2 Å². The Balaban J connectivity index is 1.41. The van der Waals surface area contributed by atoms with Crippen LogP contribution in [0.4, 0.5) is 0 Å². The summed E-state index contributed by atoms with van der Waals surface area (Å²) in [4.78, 5) is 0. The van der Waals surface area contributed by atoms with Gasteiger partial charge >= 0.3 is 0 Å². The fourth-order valence-electron chi connectivity index (χ4n) is 3.69. The van der Waals surface area contributed by atoms with Crippen LogP contribution in [0.3, 0.4) is 0 Å². The van der Waals surface area contributed by atoms with Gasteiger partial charge < -0.3 is 0 Å². The van der Waals surface area contributed by atoms with Crippen LogP contribution in [0.1, 0.15) is 83.5 Å². The molecule has 0 radical (unpaired) electrons. The number of hydrogen-bond acceptors (Lipinski definition) is 0. The third-order valence-corrected chi connectivity index (χ3v) is 4.84. The Hall–Kier alpha value is -0.260. The standard InChI is InChI=1S/C17H30/c1(2-4-10-16-12-6-7-13-16)3-5-11-17-14-8-9-15-17/h1-2,16-17H,3-15H2/b2-1+. The summed E-state index contributed by atoms with van der Waals surface area (Å²) < 4.78 is 0. The third-order valence-electron chi connectivity index (χ3n) is 4.84. The highest BCUT2D eigenvalue weighted by Crippen LogP contribution is 2.29. The second-order valence-electron chi connectivity index (χ2n) is 6.28. The Kier molecular flexibility index (Phi) is 6.16. The van der Waals surface area contributed by atoms with E-state index in [0.29, 0.717) is 0 Å². The lowest BCUT2D eigenvalue weighted by atomic mass is 10.00. The van der Waals surface area contributed by atoms with E-state index >= 15 is 0 Å². The van der Waals surface area contributed by atoms with Crippen molar-refractivity contribution in [2.24, 2.45) is 11.8 Å². The number of allylic oxidation sites excluding steroid dienone is 2. The van der Waals surface area contributed by atoms with Gasteiger partial charge in [0.15, 0.2) is 0 Å². The van der Waals surface area contributed by atoms with Gasteiger partial charge in [-0.15, -0.1) is 0 Å². The van der Waals surface area contributed by atoms with Crippen LogP contribution in [0, 0.1) is 11.8 Å². The van der Waals surface area contributed by atoms with Crippen molar-refractivity contribution < 1.29 is 0 Å². The Bertz CT molecular complexity index is 204. The first kappa shape index (κ1) is 13.2. The quantitative estimate of drug-likeness (QED) is 0.381. The molecule has 0 heterocycles. The SMILES string of the molecule is C(=C\CCC1CCCC1)/CCCC1CCCC1. The molecule has 0 saturated heterocycles. The van der Waals surface area contributed by atoms with Gasteiger partial charge in [0.1, 0.15) is 0 Å². The highest BCUT2D eigenvalue weighted by molar-refractivity contribution is 4.83. The average molecular weight is 234 g/mol. The van der Waals surface area contributed by atoms with E-state index in [-0.39, 0.29) is 0 Å². The molecule has 2 aliphatic rings. The summed E-state index contributed by atoms with van der Waals surface area (Å²) in [5.74, 6) is 2.15. The Morgan fingerprint density at radius 1 is 0.647 bits per heavy atom. The van der Waals surface area contributed by atoms with Crippen LogP contribution in [-0.4, -0.2) is 0 Å². The van der Waals surface area contributed by atoms with Gasteiger partial charge in [0.05, 0.1) is 0 Å². The van der Waals surface area contributed by atoms with Gasteiger partial charge in [0.25, 0.3) is 0 Å². The summed E-state index contributed by atoms with van der Waals surface area (Å²) >= 11 is 0. The molecule has 0 unspecified atom stereocenters. The van der Waals surface area contributed by atoms with Gasteiger partial charge in [-0.1, -0.05) is 69.9 Å². The molecule has 0 heteroatoms. The van der Waals surface area contributed by atoms with E-state index < -0.39 is 0 Å². The highest BCUT2D eigenvalue weighted by atomic mass is 14.2. The van der Waals surface area contributed by atoms with Crippen molar-refractivity contribution in [3.05, 3.63) is 12.2 Å². The van der Waals surface area contributed by atoms with E-state index in [9.17, 15) is 0 Å². The molecule has 0 aromatic carbocycles. The number of hydrogen-bond donors (Lipinski definition) is 0. The van der Waals surface area contributed by atoms with Crippen LogP contribution in [0.25, 0.3) is 0 Å². The van der Waals surface area contributed by atoms with Gasteiger partial charge in [-0.2, -0.15) is 0 Å². The van der Waals surface area contributed by atoms with E-state index in [1.165, 1.54) is 83.5 Å². The van der Waals surface area contributed by atoms with E-state index in [0.717, 1.165) is 11.8 Å². The molecule has 0 nitrogen and oxygen atoms in total. The van der Waals surface area contributed by atoms with E-state index in [1.807, 2.05) is 0 Å². The van der Waals surface area contributed by atoms with E-state index in [2.05, 4.69) is 12.2 Å². The smallest absolute Gasteiger partial charge is 0.0348 e. The van der Waals surface area contributed by atoms with Gasteiger partial charge in [-0.25, -0.2) is 0 Å². The van der Waals surface area contributed by atoms with Gasteiger partial charge in [-0.3, -0.25) is 0 Å². The normalized spacial score (nSPS) is 23.1. The molecule has 0 aromatic rings. The molecule has 0 amide bonds. The maximum absolute atomic E-state index is 2.45. The predicted octanol–water partition coefficient (Wildman–Crippen LogP) is 5.87. The van der Waals surface area contributed by atoms with Crippen molar-refractivity contribution in [2.75, 3.05) is 0 Å². The van der Waals surface area contributed by atoms with Gasteiger partial charge in [-0.05, 0) is 37.5 Å². The summed E-state index contributed by atoms with van der Waals surface area (Å²) in [6, 6.07) is 0. The van der Waals surface area contributed by atoms with Gasteiger partial charge in [0, 0.05) is 0 Å². The van der Waals surface area contributed by atoms with Crippen molar-refractivity contribution in [3.63, 3.8) is 0 Å². The lowest BCUT2D eigenvalue weighted by Crippen LogP contribution is -1.92. The first-order valence-electron chi connectivity index (χ1n) is 8.10. The largest absolute Gasteiger partial charge is 0.0885 e. The Labute approximate surface area is 108 Å². The predicted molar refractivity (Wildman–Crippen MR) is 76.1 cm³/mol. The van der Waals surface area contributed by atoms with Crippen LogP contribution >= 0.6 is 0 Å². The molecule has 98 valence electrons. The van der Waals surface area contributed by atoms with Crippen LogP contribution < -0.4 is 0 Å². The molecule has 0 bridgehead atoms. The summed E-state index contributed by atoms with van der Waals surface area (Å²) in [5, 5.41) is 0. The average Bonchev–Trinajstić information content (AvgIpc) is 3.00. The molecule has 0 aliphatic heterocycles. The molecular formula is C17H30. The van der Waals surface area contributed by atoms with Crippen LogP contribution in [-0.2, 0) is 0 Å². The second-order valence-corrected chi connectivity index (χ2v) is 6.28. The first-order chi connectivity index (χ1) is 8.45. The Morgan fingerprint density at radius 2 is 1.18 bits per heavy atom. The molecule has 2 rings (SSSR count). The van der Waals surface area contributed by atoms with Gasteiger partial charge in [0.2, 0.25) is 0 Å². The maximum Gasteiger partial charge on any atom is -0.0348 e. The van der Waals surface area contributed by atoms with E-state index in [4.69, 9.17) is 0 Å². The maximum atomic E-state index is 2.45. The molecule has 2 aliphatic carbocycles. The zero-order valence-corrected chi connectivity index (χ0v) is 11.5. The molecule has 2 fully saturated rings. The minimum absolute atomic E-state index is 1.07. The monoisotopic (exact) mass is 234 g/mol. The third kappa shape index (κ3) is 5.27. The summed E-state index contributed by atoms with van der Waals surface area (Å²) in [7, 11) is 0. The lowest BCUT2D eigenvalue weighted by Gasteiger charge is -2.06. The zero-order valence-electron chi connectivity index (χ0n) is 11.5. The fraction of sp³-hybridized carbons (Fsp3) is 0.882.